The molecule has 162 valence electrons. The molecule has 7 nitrogen and oxygen atoms in total. The van der Waals surface area contributed by atoms with Crippen LogP contribution < -0.4 is 10.6 Å². The first kappa shape index (κ1) is 21.2. The first-order chi connectivity index (χ1) is 15.4. The maximum absolute atomic E-state index is 12.5. The van der Waals surface area contributed by atoms with Gasteiger partial charge in [0.25, 0.3) is 5.91 Å². The highest BCUT2D eigenvalue weighted by Crippen LogP contribution is 2.31. The Hall–Kier alpha value is -4.00. The van der Waals surface area contributed by atoms with Crippen molar-refractivity contribution in [1.29, 1.82) is 0 Å². The Morgan fingerprint density at radius 3 is 2.41 bits per heavy atom. The van der Waals surface area contributed by atoms with Crippen LogP contribution in [0.15, 0.2) is 73.1 Å². The van der Waals surface area contributed by atoms with Gasteiger partial charge in [0.2, 0.25) is 0 Å². The fourth-order valence-corrected chi connectivity index (χ4v) is 3.38. The summed E-state index contributed by atoms with van der Waals surface area (Å²) in [6, 6.07) is 19.4. The van der Waals surface area contributed by atoms with Gasteiger partial charge in [0.15, 0.2) is 5.82 Å². The first-order valence-electron chi connectivity index (χ1n) is 10.5. The molecule has 0 atom stereocenters. The van der Waals surface area contributed by atoms with Crippen LogP contribution in [0.1, 0.15) is 42.5 Å². The fourth-order valence-electron chi connectivity index (χ4n) is 3.38. The van der Waals surface area contributed by atoms with Crippen molar-refractivity contribution in [3.63, 3.8) is 0 Å². The third-order valence-corrected chi connectivity index (χ3v) is 5.05. The summed E-state index contributed by atoms with van der Waals surface area (Å²) in [5.41, 5.74) is 4.70. The third kappa shape index (κ3) is 5.00. The van der Waals surface area contributed by atoms with Crippen molar-refractivity contribution in [3.8, 4) is 11.4 Å². The molecule has 0 saturated carbocycles. The molecule has 32 heavy (non-hydrogen) atoms. The molecular weight excluding hydrogens is 400 g/mol. The van der Waals surface area contributed by atoms with E-state index in [1.54, 1.807) is 24.5 Å². The van der Waals surface area contributed by atoms with E-state index in [-0.39, 0.29) is 17.9 Å². The monoisotopic (exact) mass is 426 g/mol. The predicted octanol–water partition coefficient (Wildman–Crippen LogP) is 4.84. The number of carbonyl (C=O) groups is 1. The van der Waals surface area contributed by atoms with Crippen LogP contribution in [0.4, 0.5) is 11.4 Å². The molecule has 2 aromatic heterocycles. The number of rotatable bonds is 6. The summed E-state index contributed by atoms with van der Waals surface area (Å²) >= 11 is 0. The fraction of sp³-hybridized carbons (Fsp3) is 0.200. The number of para-hydroxylation sites is 1. The van der Waals surface area contributed by atoms with Crippen molar-refractivity contribution in [1.82, 2.24) is 25.5 Å². The van der Waals surface area contributed by atoms with Crippen molar-refractivity contribution >= 4 is 17.3 Å². The van der Waals surface area contributed by atoms with Crippen LogP contribution in [0, 0.1) is 0 Å². The number of hydrogen-bond donors (Lipinski definition) is 3. The van der Waals surface area contributed by atoms with Crippen LogP contribution in [0.5, 0.6) is 0 Å². The number of amides is 1. The van der Waals surface area contributed by atoms with Crippen LogP contribution in [-0.2, 0) is 12.0 Å². The lowest BCUT2D eigenvalue weighted by Gasteiger charge is -2.23. The molecule has 0 fully saturated rings. The van der Waals surface area contributed by atoms with Gasteiger partial charge in [-0.15, -0.1) is 0 Å². The number of nitrogens with zero attached hydrogens (tertiary/aromatic N) is 3. The lowest BCUT2D eigenvalue weighted by Crippen LogP contribution is -2.23. The minimum atomic E-state index is -0.173. The second-order valence-corrected chi connectivity index (χ2v) is 8.52. The molecule has 0 radical (unpaired) electrons. The molecule has 3 N–H and O–H groups in total. The normalized spacial score (nSPS) is 11.2. The smallest absolute Gasteiger partial charge is 0.251 e. The van der Waals surface area contributed by atoms with Crippen LogP contribution in [0.3, 0.4) is 0 Å². The topological polar surface area (TPSA) is 95.6 Å². The first-order valence-corrected chi connectivity index (χ1v) is 10.5. The molecule has 0 aliphatic heterocycles. The van der Waals surface area contributed by atoms with Gasteiger partial charge >= 0.3 is 0 Å². The number of aromatic amines is 1. The summed E-state index contributed by atoms with van der Waals surface area (Å²) in [6.07, 6.45) is 3.38. The molecule has 0 unspecified atom stereocenters. The number of aromatic nitrogens is 4. The second kappa shape index (κ2) is 9.01. The van der Waals surface area contributed by atoms with Crippen LogP contribution >= 0.6 is 0 Å². The van der Waals surface area contributed by atoms with Crippen LogP contribution in [0.2, 0.25) is 0 Å². The average Bonchev–Trinajstić information content (AvgIpc) is 3.27. The van der Waals surface area contributed by atoms with E-state index in [2.05, 4.69) is 63.7 Å². The SMILES string of the molecule is CC(C)(C)c1ccccc1Nc1ccc(C(=O)NCc2nc(-c3ccncc3)n[nH]2)cc1. The van der Waals surface area contributed by atoms with Gasteiger partial charge in [-0.3, -0.25) is 14.9 Å². The van der Waals surface area contributed by atoms with Gasteiger partial charge in [-0.05, 0) is 53.4 Å². The Balaban J connectivity index is 1.38. The zero-order chi connectivity index (χ0) is 22.6. The van der Waals surface area contributed by atoms with Gasteiger partial charge in [0.05, 0.1) is 6.54 Å². The highest BCUT2D eigenvalue weighted by atomic mass is 16.1. The number of carbonyl (C=O) groups excluding carboxylic acids is 1. The van der Waals surface area contributed by atoms with E-state index in [1.165, 1.54) is 5.56 Å². The van der Waals surface area contributed by atoms with Gasteiger partial charge in [-0.2, -0.15) is 5.10 Å². The predicted molar refractivity (Wildman–Crippen MR) is 126 cm³/mol. The third-order valence-electron chi connectivity index (χ3n) is 5.05. The highest BCUT2D eigenvalue weighted by Gasteiger charge is 2.17. The van der Waals surface area contributed by atoms with Gasteiger partial charge in [-0.1, -0.05) is 39.0 Å². The lowest BCUT2D eigenvalue weighted by molar-refractivity contribution is 0.0950. The largest absolute Gasteiger partial charge is 0.355 e. The van der Waals surface area contributed by atoms with Gasteiger partial charge in [-0.25, -0.2) is 4.98 Å². The minimum absolute atomic E-state index is 0.0292. The second-order valence-electron chi connectivity index (χ2n) is 8.52. The van der Waals surface area contributed by atoms with Crippen molar-refractivity contribution < 1.29 is 4.79 Å². The molecule has 1 amide bonds. The number of pyridine rings is 1. The molecule has 0 aliphatic rings. The van der Waals surface area contributed by atoms with Crippen LogP contribution in [-0.4, -0.2) is 26.1 Å². The molecule has 4 rings (SSSR count). The maximum atomic E-state index is 12.5. The van der Waals surface area contributed by atoms with Crippen molar-refractivity contribution in [2.45, 2.75) is 32.7 Å². The zero-order valence-electron chi connectivity index (χ0n) is 18.4. The van der Waals surface area contributed by atoms with Gasteiger partial charge in [0.1, 0.15) is 5.82 Å². The van der Waals surface area contributed by atoms with E-state index in [0.717, 1.165) is 16.9 Å². The molecule has 0 aliphatic carbocycles. The van der Waals surface area contributed by atoms with Crippen molar-refractivity contribution in [3.05, 3.63) is 90.0 Å². The molecule has 0 bridgehead atoms. The van der Waals surface area contributed by atoms with E-state index in [0.29, 0.717) is 17.2 Å². The molecule has 0 saturated heterocycles. The van der Waals surface area contributed by atoms with Crippen LogP contribution in [0.25, 0.3) is 11.4 Å². The summed E-state index contributed by atoms with van der Waals surface area (Å²) in [4.78, 5) is 21.0. The number of nitrogens with one attached hydrogen (secondary N) is 3. The lowest BCUT2D eigenvalue weighted by atomic mass is 9.86. The zero-order valence-corrected chi connectivity index (χ0v) is 18.4. The Morgan fingerprint density at radius 2 is 1.69 bits per heavy atom. The van der Waals surface area contributed by atoms with Crippen molar-refractivity contribution in [2.75, 3.05) is 5.32 Å². The number of H-pyrrole nitrogens is 1. The van der Waals surface area contributed by atoms with Gasteiger partial charge in [0, 0.05) is 34.9 Å². The minimum Gasteiger partial charge on any atom is -0.355 e. The van der Waals surface area contributed by atoms with E-state index < -0.39 is 0 Å². The molecule has 0 spiro atoms. The molecule has 2 heterocycles. The number of benzene rings is 2. The van der Waals surface area contributed by atoms with E-state index in [4.69, 9.17) is 0 Å². The molecular formula is C25H26N6O. The maximum Gasteiger partial charge on any atom is 0.251 e. The summed E-state index contributed by atoms with van der Waals surface area (Å²) in [5.74, 6) is 0.985. The summed E-state index contributed by atoms with van der Waals surface area (Å²) < 4.78 is 0. The Kier molecular flexibility index (Phi) is 5.98. The molecule has 7 heteroatoms. The summed E-state index contributed by atoms with van der Waals surface area (Å²) in [6.45, 7) is 6.83. The Labute approximate surface area is 187 Å². The number of anilines is 2. The van der Waals surface area contributed by atoms with Gasteiger partial charge < -0.3 is 10.6 Å². The quantitative estimate of drug-likeness (QED) is 0.410. The Morgan fingerprint density at radius 1 is 0.969 bits per heavy atom. The molecule has 4 aromatic rings. The van der Waals surface area contributed by atoms with Crippen molar-refractivity contribution in [2.24, 2.45) is 0 Å². The van der Waals surface area contributed by atoms with E-state index >= 15 is 0 Å². The average molecular weight is 427 g/mol. The Bertz CT molecular complexity index is 1190. The molecule has 2 aromatic carbocycles. The van der Waals surface area contributed by atoms with E-state index in [1.807, 2.05) is 36.4 Å². The number of hydrogen-bond acceptors (Lipinski definition) is 5. The van der Waals surface area contributed by atoms with E-state index in [9.17, 15) is 4.79 Å². The summed E-state index contributed by atoms with van der Waals surface area (Å²) in [7, 11) is 0. The standard InChI is InChI=1S/C25H26N6O/c1-25(2,3)20-6-4-5-7-21(20)28-19-10-8-18(9-11-19)24(32)27-16-22-29-23(31-30-22)17-12-14-26-15-13-17/h4-15,28H,16H2,1-3H3,(H,27,32)(H,29,30,31). The highest BCUT2D eigenvalue weighted by molar-refractivity contribution is 5.94. The summed E-state index contributed by atoms with van der Waals surface area (Å²) in [5, 5.41) is 13.4.